The molecule has 1 unspecified atom stereocenters. The van der Waals surface area contributed by atoms with Gasteiger partial charge in [-0.25, -0.2) is 4.79 Å². The van der Waals surface area contributed by atoms with Crippen molar-refractivity contribution in [2.45, 2.75) is 5.37 Å². The molecule has 0 fully saturated rings. The van der Waals surface area contributed by atoms with Gasteiger partial charge in [0, 0.05) is 11.8 Å². The molecule has 0 radical (unpaired) electrons. The van der Waals surface area contributed by atoms with Crippen LogP contribution in [0.2, 0.25) is 0 Å². The summed E-state index contributed by atoms with van der Waals surface area (Å²) in [6.45, 7) is -0.301. The topological polar surface area (TPSA) is 104 Å². The standard InChI is InChI=1S/C12H11ClN2O5S/c13-9-6-15(12(17)14-11(9)21(18,19)20)7-10(16)8-4-2-1-3-5-8/h1-6,11H,7H2,(H,14,17)(H,18,19,20). The number of carbonyl (C=O) groups is 2. The Hall–Kier alpha value is -1.90. The summed E-state index contributed by atoms with van der Waals surface area (Å²) in [5, 5.41) is -0.0111. The highest BCUT2D eigenvalue weighted by atomic mass is 35.5. The molecule has 0 saturated carbocycles. The van der Waals surface area contributed by atoms with Crippen molar-refractivity contribution in [2.24, 2.45) is 0 Å². The van der Waals surface area contributed by atoms with Gasteiger partial charge in [0.1, 0.15) is 0 Å². The normalized spacial score (nSPS) is 19.0. The van der Waals surface area contributed by atoms with Crippen LogP contribution in [0.25, 0.3) is 0 Å². The Bertz CT molecular complexity index is 702. The van der Waals surface area contributed by atoms with Gasteiger partial charge >= 0.3 is 6.03 Å². The number of benzene rings is 1. The third-order valence-corrected chi connectivity index (χ3v) is 4.17. The zero-order chi connectivity index (χ0) is 15.6. The summed E-state index contributed by atoms with van der Waals surface area (Å²) in [7, 11) is -4.56. The van der Waals surface area contributed by atoms with Crippen LogP contribution in [0.15, 0.2) is 41.6 Å². The van der Waals surface area contributed by atoms with Gasteiger partial charge in [-0.15, -0.1) is 0 Å². The minimum atomic E-state index is -4.56. The van der Waals surface area contributed by atoms with Crippen LogP contribution in [0, 0.1) is 0 Å². The van der Waals surface area contributed by atoms with Crippen LogP contribution in [-0.2, 0) is 10.1 Å². The molecule has 7 nitrogen and oxygen atoms in total. The van der Waals surface area contributed by atoms with Gasteiger partial charge < -0.3 is 5.32 Å². The van der Waals surface area contributed by atoms with Crippen LogP contribution in [0.3, 0.4) is 0 Å². The van der Waals surface area contributed by atoms with Crippen LogP contribution in [0.4, 0.5) is 4.79 Å². The van der Waals surface area contributed by atoms with Crippen molar-refractivity contribution in [3.05, 3.63) is 47.1 Å². The molecule has 21 heavy (non-hydrogen) atoms. The van der Waals surface area contributed by atoms with Gasteiger partial charge in [0.2, 0.25) is 0 Å². The van der Waals surface area contributed by atoms with Crippen molar-refractivity contribution in [3.63, 3.8) is 0 Å². The van der Waals surface area contributed by atoms with Crippen molar-refractivity contribution in [2.75, 3.05) is 6.54 Å². The van der Waals surface area contributed by atoms with Gasteiger partial charge in [0.15, 0.2) is 11.2 Å². The fraction of sp³-hybridized carbons (Fsp3) is 0.167. The minimum absolute atomic E-state index is 0.301. The largest absolute Gasteiger partial charge is 0.323 e. The Morgan fingerprint density at radius 1 is 1.33 bits per heavy atom. The van der Waals surface area contributed by atoms with Crippen LogP contribution in [-0.4, -0.2) is 41.6 Å². The maximum absolute atomic E-state index is 12.0. The second-order valence-electron chi connectivity index (χ2n) is 4.28. The summed E-state index contributed by atoms with van der Waals surface area (Å²) < 4.78 is 31.0. The number of nitrogens with zero attached hydrogens (tertiary/aromatic N) is 1. The van der Waals surface area contributed by atoms with Crippen molar-refractivity contribution < 1.29 is 22.6 Å². The number of nitrogens with one attached hydrogen (secondary N) is 1. The lowest BCUT2D eigenvalue weighted by Gasteiger charge is -2.27. The van der Waals surface area contributed by atoms with E-state index in [1.54, 1.807) is 30.3 Å². The van der Waals surface area contributed by atoms with Crippen LogP contribution in [0.1, 0.15) is 10.4 Å². The molecule has 2 N–H and O–H groups in total. The van der Waals surface area contributed by atoms with Gasteiger partial charge in [0.25, 0.3) is 10.1 Å². The number of amides is 2. The summed E-state index contributed by atoms with van der Waals surface area (Å²) in [4.78, 5) is 24.7. The van der Waals surface area contributed by atoms with E-state index in [0.717, 1.165) is 11.1 Å². The molecular formula is C12H11ClN2O5S. The lowest BCUT2D eigenvalue weighted by molar-refractivity contribution is 0.0960. The molecule has 0 aliphatic carbocycles. The lowest BCUT2D eigenvalue weighted by Crippen LogP contribution is -2.51. The molecular weight excluding hydrogens is 320 g/mol. The molecule has 1 aliphatic rings. The third-order valence-electron chi connectivity index (χ3n) is 2.75. The van der Waals surface area contributed by atoms with Crippen LogP contribution >= 0.6 is 11.6 Å². The van der Waals surface area contributed by atoms with E-state index in [2.05, 4.69) is 0 Å². The van der Waals surface area contributed by atoms with E-state index >= 15 is 0 Å². The first-order valence-corrected chi connectivity index (χ1v) is 7.66. The molecule has 1 aromatic rings. The monoisotopic (exact) mass is 330 g/mol. The summed E-state index contributed by atoms with van der Waals surface area (Å²) in [5.41, 5.74) is 0.409. The van der Waals surface area contributed by atoms with E-state index in [1.807, 2.05) is 5.32 Å². The molecule has 1 atom stereocenters. The number of urea groups is 1. The Balaban J connectivity index is 2.17. The molecule has 0 aromatic heterocycles. The molecule has 2 amide bonds. The molecule has 0 saturated heterocycles. The molecule has 0 spiro atoms. The average Bonchev–Trinajstić information content (AvgIpc) is 2.42. The Labute approximate surface area is 125 Å². The van der Waals surface area contributed by atoms with Gasteiger partial charge in [-0.3, -0.25) is 14.2 Å². The predicted octanol–water partition coefficient (Wildman–Crippen LogP) is 1.19. The fourth-order valence-electron chi connectivity index (χ4n) is 1.74. The number of rotatable bonds is 4. The Morgan fingerprint density at radius 2 is 1.95 bits per heavy atom. The van der Waals surface area contributed by atoms with E-state index in [9.17, 15) is 18.0 Å². The fourth-order valence-corrected chi connectivity index (χ4v) is 2.85. The SMILES string of the molecule is O=C(CN1C=C(Cl)C(S(=O)(=O)O)NC1=O)c1ccccc1. The van der Waals surface area contributed by atoms with Gasteiger partial charge in [-0.2, -0.15) is 8.42 Å². The average molecular weight is 331 g/mol. The quantitative estimate of drug-likeness (QED) is 0.637. The first-order chi connectivity index (χ1) is 9.79. The van der Waals surface area contributed by atoms with Gasteiger partial charge in [0.05, 0.1) is 11.6 Å². The lowest BCUT2D eigenvalue weighted by atomic mass is 10.1. The number of ketones is 1. The number of hydrogen-bond donors (Lipinski definition) is 2. The highest BCUT2D eigenvalue weighted by molar-refractivity contribution is 7.86. The highest BCUT2D eigenvalue weighted by Gasteiger charge is 2.34. The number of halogens is 1. The highest BCUT2D eigenvalue weighted by Crippen LogP contribution is 2.19. The number of carbonyl (C=O) groups excluding carboxylic acids is 2. The first-order valence-electron chi connectivity index (χ1n) is 5.78. The summed E-state index contributed by atoms with van der Waals surface area (Å²) >= 11 is 5.71. The molecule has 1 heterocycles. The Kier molecular flexibility index (Phi) is 4.31. The van der Waals surface area contributed by atoms with Crippen molar-refractivity contribution in [1.82, 2.24) is 10.2 Å². The van der Waals surface area contributed by atoms with E-state index in [0.29, 0.717) is 5.56 Å². The molecule has 0 bridgehead atoms. The van der Waals surface area contributed by atoms with Crippen molar-refractivity contribution in [1.29, 1.82) is 0 Å². The molecule has 1 aliphatic heterocycles. The maximum Gasteiger partial charge on any atom is 0.323 e. The molecule has 1 aromatic carbocycles. The maximum atomic E-state index is 12.0. The number of hydrogen-bond acceptors (Lipinski definition) is 4. The summed E-state index contributed by atoms with van der Waals surface area (Å²) in [6, 6.07) is 7.46. The van der Waals surface area contributed by atoms with Gasteiger partial charge in [-0.05, 0) is 0 Å². The predicted molar refractivity (Wildman–Crippen MR) is 75.3 cm³/mol. The van der Waals surface area contributed by atoms with Crippen molar-refractivity contribution in [3.8, 4) is 0 Å². The van der Waals surface area contributed by atoms with E-state index in [4.69, 9.17) is 16.2 Å². The first kappa shape index (κ1) is 15.5. The smallest absolute Gasteiger partial charge is 0.314 e. The van der Waals surface area contributed by atoms with E-state index in [-0.39, 0.29) is 17.4 Å². The van der Waals surface area contributed by atoms with E-state index in [1.165, 1.54) is 0 Å². The minimum Gasteiger partial charge on any atom is -0.314 e. The second kappa shape index (κ2) is 5.84. The zero-order valence-electron chi connectivity index (χ0n) is 10.6. The Morgan fingerprint density at radius 3 is 2.52 bits per heavy atom. The molecule has 112 valence electrons. The van der Waals surface area contributed by atoms with Crippen LogP contribution in [0.5, 0.6) is 0 Å². The van der Waals surface area contributed by atoms with Crippen molar-refractivity contribution >= 4 is 33.5 Å². The summed E-state index contributed by atoms with van der Waals surface area (Å²) in [5.74, 6) is -0.336. The van der Waals surface area contributed by atoms with Gasteiger partial charge in [-0.1, -0.05) is 41.9 Å². The molecule has 9 heteroatoms. The number of Topliss-reactive ketones (excluding diaryl/α,β-unsaturated/α-hetero) is 1. The van der Waals surface area contributed by atoms with E-state index < -0.39 is 21.5 Å². The molecule has 2 rings (SSSR count). The zero-order valence-corrected chi connectivity index (χ0v) is 12.1. The second-order valence-corrected chi connectivity index (χ2v) is 6.21. The third kappa shape index (κ3) is 3.60. The van der Waals surface area contributed by atoms with Crippen LogP contribution < -0.4 is 5.32 Å². The summed E-state index contributed by atoms with van der Waals surface area (Å²) in [6.07, 6.45) is 1.01.